The number of carbonyl (C=O) groups excluding carboxylic acids is 1. The van der Waals surface area contributed by atoms with Crippen LogP contribution in [0.4, 0.5) is 4.79 Å². The van der Waals surface area contributed by atoms with E-state index in [2.05, 4.69) is 5.32 Å². The van der Waals surface area contributed by atoms with Crippen molar-refractivity contribution >= 4 is 6.03 Å². The number of nitrogens with zero attached hydrogens (tertiary/aromatic N) is 1. The Morgan fingerprint density at radius 3 is 2.59 bits per heavy atom. The van der Waals surface area contributed by atoms with Crippen LogP contribution < -0.4 is 10.1 Å². The second-order valence-electron chi connectivity index (χ2n) is 5.21. The maximum absolute atomic E-state index is 12.3. The second-order valence-corrected chi connectivity index (χ2v) is 5.21. The van der Waals surface area contributed by atoms with E-state index in [4.69, 9.17) is 4.74 Å². The van der Waals surface area contributed by atoms with Crippen molar-refractivity contribution in [2.24, 2.45) is 0 Å². The molecular formula is C18H22N2O2. The van der Waals surface area contributed by atoms with Gasteiger partial charge in [0.25, 0.3) is 0 Å². The maximum Gasteiger partial charge on any atom is 0.317 e. The first-order chi connectivity index (χ1) is 10.6. The van der Waals surface area contributed by atoms with Crippen molar-refractivity contribution in [3.8, 4) is 5.75 Å². The highest BCUT2D eigenvalue weighted by Crippen LogP contribution is 2.18. The van der Waals surface area contributed by atoms with Gasteiger partial charge in [-0.1, -0.05) is 42.5 Å². The fraction of sp³-hybridized carbons (Fsp3) is 0.278. The maximum atomic E-state index is 12.3. The monoisotopic (exact) mass is 298 g/mol. The summed E-state index contributed by atoms with van der Waals surface area (Å²) in [6, 6.07) is 17.6. The van der Waals surface area contributed by atoms with Crippen molar-refractivity contribution < 1.29 is 9.53 Å². The molecule has 0 heterocycles. The van der Waals surface area contributed by atoms with E-state index in [1.807, 2.05) is 61.5 Å². The summed E-state index contributed by atoms with van der Waals surface area (Å²) in [6.07, 6.45) is 0. The number of rotatable bonds is 5. The topological polar surface area (TPSA) is 41.6 Å². The molecule has 4 nitrogen and oxygen atoms in total. The molecule has 0 aliphatic rings. The first kappa shape index (κ1) is 15.9. The van der Waals surface area contributed by atoms with Crippen LogP contribution in [0.25, 0.3) is 0 Å². The number of urea groups is 1. The Labute approximate surface area is 131 Å². The number of hydrogen-bond acceptors (Lipinski definition) is 2. The standard InChI is InChI=1S/C18H22N2O2/c1-14(16-9-5-4-6-10-16)20(2)18(21)19-13-15-8-7-11-17(12-15)22-3/h4-12,14H,13H2,1-3H3,(H,19,21)/t14-/m1/s1. The highest BCUT2D eigenvalue weighted by atomic mass is 16.5. The third-order valence-electron chi connectivity index (χ3n) is 3.76. The number of amides is 2. The van der Waals surface area contributed by atoms with Crippen LogP contribution in [0.3, 0.4) is 0 Å². The third kappa shape index (κ3) is 4.01. The van der Waals surface area contributed by atoms with Gasteiger partial charge in [-0.15, -0.1) is 0 Å². The normalized spacial score (nSPS) is 11.6. The van der Waals surface area contributed by atoms with Crippen molar-refractivity contribution in [2.75, 3.05) is 14.2 Å². The van der Waals surface area contributed by atoms with Crippen molar-refractivity contribution in [3.05, 3.63) is 65.7 Å². The largest absolute Gasteiger partial charge is 0.497 e. The highest BCUT2D eigenvalue weighted by Gasteiger charge is 2.16. The third-order valence-corrected chi connectivity index (χ3v) is 3.76. The van der Waals surface area contributed by atoms with Crippen molar-refractivity contribution in [2.45, 2.75) is 19.5 Å². The smallest absolute Gasteiger partial charge is 0.317 e. The average molecular weight is 298 g/mol. The molecule has 116 valence electrons. The van der Waals surface area contributed by atoms with Gasteiger partial charge in [0, 0.05) is 13.6 Å². The van der Waals surface area contributed by atoms with Crippen LogP contribution in [0.15, 0.2) is 54.6 Å². The first-order valence-electron chi connectivity index (χ1n) is 7.30. The molecule has 0 unspecified atom stereocenters. The molecule has 0 fully saturated rings. The highest BCUT2D eigenvalue weighted by molar-refractivity contribution is 5.74. The summed E-state index contributed by atoms with van der Waals surface area (Å²) in [5, 5.41) is 2.93. The molecule has 2 rings (SSSR count). The van der Waals surface area contributed by atoms with Crippen LogP contribution in [0.1, 0.15) is 24.1 Å². The Kier molecular flexibility index (Phi) is 5.42. The second kappa shape index (κ2) is 7.50. The SMILES string of the molecule is COc1cccc(CNC(=O)N(C)[C@H](C)c2ccccc2)c1. The van der Waals surface area contributed by atoms with E-state index < -0.39 is 0 Å². The molecule has 1 N–H and O–H groups in total. The lowest BCUT2D eigenvalue weighted by Crippen LogP contribution is -2.38. The van der Waals surface area contributed by atoms with Crippen LogP contribution >= 0.6 is 0 Å². The fourth-order valence-corrected chi connectivity index (χ4v) is 2.22. The van der Waals surface area contributed by atoms with Gasteiger partial charge in [-0.2, -0.15) is 0 Å². The molecular weight excluding hydrogens is 276 g/mol. The van der Waals surface area contributed by atoms with Gasteiger partial charge in [-0.3, -0.25) is 0 Å². The summed E-state index contributed by atoms with van der Waals surface area (Å²) in [7, 11) is 3.44. The molecule has 0 radical (unpaired) electrons. The van der Waals surface area contributed by atoms with E-state index >= 15 is 0 Å². The predicted molar refractivity (Wildman–Crippen MR) is 87.8 cm³/mol. The summed E-state index contributed by atoms with van der Waals surface area (Å²) in [4.78, 5) is 14.0. The van der Waals surface area contributed by atoms with Gasteiger partial charge in [0.15, 0.2) is 0 Å². The average Bonchev–Trinajstić information content (AvgIpc) is 2.59. The van der Waals surface area contributed by atoms with E-state index in [0.717, 1.165) is 16.9 Å². The van der Waals surface area contributed by atoms with Gasteiger partial charge in [-0.25, -0.2) is 4.79 Å². The van der Waals surface area contributed by atoms with Gasteiger partial charge in [0.2, 0.25) is 0 Å². The van der Waals surface area contributed by atoms with Crippen molar-refractivity contribution in [3.63, 3.8) is 0 Å². The Hall–Kier alpha value is -2.49. The number of benzene rings is 2. The molecule has 4 heteroatoms. The summed E-state index contributed by atoms with van der Waals surface area (Å²) in [5.41, 5.74) is 2.12. The van der Waals surface area contributed by atoms with Gasteiger partial charge >= 0.3 is 6.03 Å². The number of ether oxygens (including phenoxy) is 1. The molecule has 0 aromatic heterocycles. The van der Waals surface area contributed by atoms with E-state index in [1.54, 1.807) is 19.1 Å². The lowest BCUT2D eigenvalue weighted by molar-refractivity contribution is 0.194. The Bertz CT molecular complexity index is 613. The molecule has 0 bridgehead atoms. The predicted octanol–water partition coefficient (Wildman–Crippen LogP) is 3.60. The molecule has 22 heavy (non-hydrogen) atoms. The van der Waals surface area contributed by atoms with Crippen LogP contribution in [-0.4, -0.2) is 25.1 Å². The zero-order valence-corrected chi connectivity index (χ0v) is 13.2. The minimum atomic E-state index is -0.0980. The van der Waals surface area contributed by atoms with E-state index in [9.17, 15) is 4.79 Å². The molecule has 1 atom stereocenters. The van der Waals surface area contributed by atoms with Gasteiger partial charge in [0.1, 0.15) is 5.75 Å². The molecule has 0 saturated carbocycles. The molecule has 2 aromatic carbocycles. The molecule has 0 saturated heterocycles. The van der Waals surface area contributed by atoms with Crippen LogP contribution in [-0.2, 0) is 6.54 Å². The summed E-state index contributed by atoms with van der Waals surface area (Å²) in [5.74, 6) is 0.790. The fourth-order valence-electron chi connectivity index (χ4n) is 2.22. The molecule has 0 aliphatic heterocycles. The minimum Gasteiger partial charge on any atom is -0.497 e. The molecule has 0 spiro atoms. The number of hydrogen-bond donors (Lipinski definition) is 1. The lowest BCUT2D eigenvalue weighted by atomic mass is 10.1. The van der Waals surface area contributed by atoms with E-state index in [1.165, 1.54) is 0 Å². The number of carbonyl (C=O) groups is 1. The Morgan fingerprint density at radius 2 is 1.91 bits per heavy atom. The quantitative estimate of drug-likeness (QED) is 0.916. The Morgan fingerprint density at radius 1 is 1.18 bits per heavy atom. The van der Waals surface area contributed by atoms with Crippen LogP contribution in [0.2, 0.25) is 0 Å². The van der Waals surface area contributed by atoms with Gasteiger partial charge in [0.05, 0.1) is 13.2 Å². The summed E-state index contributed by atoms with van der Waals surface area (Å²) >= 11 is 0. The van der Waals surface area contributed by atoms with Crippen molar-refractivity contribution in [1.29, 1.82) is 0 Å². The van der Waals surface area contributed by atoms with Gasteiger partial charge < -0.3 is 15.0 Å². The van der Waals surface area contributed by atoms with E-state index in [-0.39, 0.29) is 12.1 Å². The summed E-state index contributed by atoms with van der Waals surface area (Å²) < 4.78 is 5.18. The number of methoxy groups -OCH3 is 1. The molecule has 0 aliphatic carbocycles. The zero-order valence-electron chi connectivity index (χ0n) is 13.2. The molecule has 2 aromatic rings. The Balaban J connectivity index is 1.93. The zero-order chi connectivity index (χ0) is 15.9. The van der Waals surface area contributed by atoms with Gasteiger partial charge in [-0.05, 0) is 30.2 Å². The van der Waals surface area contributed by atoms with Crippen LogP contribution in [0.5, 0.6) is 5.75 Å². The molecule has 2 amide bonds. The van der Waals surface area contributed by atoms with E-state index in [0.29, 0.717) is 6.54 Å². The van der Waals surface area contributed by atoms with Crippen molar-refractivity contribution in [1.82, 2.24) is 10.2 Å². The first-order valence-corrected chi connectivity index (χ1v) is 7.30. The minimum absolute atomic E-state index is 0.0199. The lowest BCUT2D eigenvalue weighted by Gasteiger charge is -2.25. The summed E-state index contributed by atoms with van der Waals surface area (Å²) in [6.45, 7) is 2.49. The van der Waals surface area contributed by atoms with Crippen LogP contribution in [0, 0.1) is 0 Å². The number of nitrogens with one attached hydrogen (secondary N) is 1.